The lowest BCUT2D eigenvalue weighted by molar-refractivity contribution is 0.120. The summed E-state index contributed by atoms with van der Waals surface area (Å²) in [6.07, 6.45) is 2.44. The monoisotopic (exact) mass is 237 g/mol. The molecule has 1 aliphatic heterocycles. The van der Waals surface area contributed by atoms with E-state index in [1.807, 2.05) is 13.8 Å². The van der Waals surface area contributed by atoms with E-state index in [4.69, 9.17) is 4.74 Å². The lowest BCUT2D eigenvalue weighted by Crippen LogP contribution is -2.21. The molecule has 0 saturated carbocycles. The molecule has 5 nitrogen and oxygen atoms in total. The van der Waals surface area contributed by atoms with E-state index in [1.54, 1.807) is 0 Å². The highest BCUT2D eigenvalue weighted by Crippen LogP contribution is 2.13. The van der Waals surface area contributed by atoms with E-state index in [-0.39, 0.29) is 17.6 Å². The van der Waals surface area contributed by atoms with Crippen LogP contribution in [0.1, 0.15) is 38.4 Å². The molecule has 0 bridgehead atoms. The molecule has 1 atom stereocenters. The molecule has 94 valence electrons. The summed E-state index contributed by atoms with van der Waals surface area (Å²) in [7, 11) is 0. The van der Waals surface area contributed by atoms with Crippen LogP contribution in [0.4, 0.5) is 5.82 Å². The van der Waals surface area contributed by atoms with Crippen LogP contribution < -0.4 is 10.9 Å². The van der Waals surface area contributed by atoms with Gasteiger partial charge in [0, 0.05) is 25.1 Å². The van der Waals surface area contributed by atoms with Gasteiger partial charge in [-0.1, -0.05) is 13.8 Å². The second-order valence-corrected chi connectivity index (χ2v) is 4.69. The van der Waals surface area contributed by atoms with Crippen LogP contribution in [0.5, 0.6) is 0 Å². The molecular formula is C12H19N3O2. The summed E-state index contributed by atoms with van der Waals surface area (Å²) in [6, 6.07) is 1.49. The molecule has 1 fully saturated rings. The summed E-state index contributed by atoms with van der Waals surface area (Å²) in [6.45, 7) is 5.56. The first kappa shape index (κ1) is 12.1. The summed E-state index contributed by atoms with van der Waals surface area (Å²) >= 11 is 0. The molecule has 0 aromatic carbocycles. The van der Waals surface area contributed by atoms with Crippen LogP contribution in [0.3, 0.4) is 0 Å². The normalized spacial score (nSPS) is 19.8. The molecule has 17 heavy (non-hydrogen) atoms. The number of nitrogens with zero attached hydrogens (tertiary/aromatic N) is 1. The maximum Gasteiger partial charge on any atom is 0.252 e. The van der Waals surface area contributed by atoms with Gasteiger partial charge in [0.1, 0.15) is 11.6 Å². The Morgan fingerprint density at radius 1 is 1.65 bits per heavy atom. The molecule has 0 radical (unpaired) electrons. The van der Waals surface area contributed by atoms with Crippen molar-refractivity contribution in [2.75, 3.05) is 18.5 Å². The minimum absolute atomic E-state index is 0.112. The molecule has 1 aromatic rings. The van der Waals surface area contributed by atoms with E-state index in [0.29, 0.717) is 18.2 Å². The van der Waals surface area contributed by atoms with Gasteiger partial charge >= 0.3 is 0 Å². The molecule has 0 aliphatic carbocycles. The fourth-order valence-electron chi connectivity index (χ4n) is 1.86. The summed E-state index contributed by atoms with van der Waals surface area (Å²) in [5.74, 6) is 1.56. The zero-order chi connectivity index (χ0) is 12.3. The first-order valence-corrected chi connectivity index (χ1v) is 6.12. The number of aromatic nitrogens is 2. The predicted molar refractivity (Wildman–Crippen MR) is 66.4 cm³/mol. The average Bonchev–Trinajstić information content (AvgIpc) is 2.78. The van der Waals surface area contributed by atoms with Crippen molar-refractivity contribution in [1.29, 1.82) is 0 Å². The molecule has 5 heteroatoms. The van der Waals surface area contributed by atoms with Crippen molar-refractivity contribution in [3.05, 3.63) is 22.2 Å². The van der Waals surface area contributed by atoms with Gasteiger partial charge in [-0.05, 0) is 12.8 Å². The van der Waals surface area contributed by atoms with Gasteiger partial charge in [0.25, 0.3) is 5.56 Å². The van der Waals surface area contributed by atoms with E-state index >= 15 is 0 Å². The molecule has 2 rings (SSSR count). The molecule has 1 aliphatic rings. The Morgan fingerprint density at radius 2 is 2.47 bits per heavy atom. The van der Waals surface area contributed by atoms with Crippen molar-refractivity contribution in [3.8, 4) is 0 Å². The fourth-order valence-corrected chi connectivity index (χ4v) is 1.86. The Labute approximate surface area is 101 Å². The van der Waals surface area contributed by atoms with Crippen molar-refractivity contribution in [3.63, 3.8) is 0 Å². The van der Waals surface area contributed by atoms with E-state index in [0.717, 1.165) is 19.4 Å². The first-order valence-electron chi connectivity index (χ1n) is 6.12. The molecule has 1 unspecified atom stereocenters. The minimum Gasteiger partial charge on any atom is -0.376 e. The highest BCUT2D eigenvalue weighted by atomic mass is 16.5. The third-order valence-electron chi connectivity index (χ3n) is 2.84. The average molecular weight is 237 g/mol. The molecule has 0 amide bonds. The second kappa shape index (κ2) is 5.31. The number of H-pyrrole nitrogens is 1. The third kappa shape index (κ3) is 3.30. The van der Waals surface area contributed by atoms with Crippen LogP contribution in [0, 0.1) is 0 Å². The van der Waals surface area contributed by atoms with Gasteiger partial charge in [0.2, 0.25) is 0 Å². The molecule has 1 saturated heterocycles. The Kier molecular flexibility index (Phi) is 3.78. The molecular weight excluding hydrogens is 218 g/mol. The van der Waals surface area contributed by atoms with E-state index in [1.165, 1.54) is 6.07 Å². The van der Waals surface area contributed by atoms with Crippen molar-refractivity contribution in [1.82, 2.24) is 9.97 Å². The Hall–Kier alpha value is -1.36. The SMILES string of the molecule is CC(C)c1nc(NCC2CCCO2)cc(=O)[nH]1. The summed E-state index contributed by atoms with van der Waals surface area (Å²) in [5, 5.41) is 3.17. The van der Waals surface area contributed by atoms with Gasteiger partial charge in [-0.25, -0.2) is 4.98 Å². The summed E-state index contributed by atoms with van der Waals surface area (Å²) < 4.78 is 5.51. The molecule has 1 aromatic heterocycles. The lowest BCUT2D eigenvalue weighted by atomic mass is 10.2. The van der Waals surface area contributed by atoms with E-state index in [9.17, 15) is 4.79 Å². The van der Waals surface area contributed by atoms with Crippen molar-refractivity contribution in [2.24, 2.45) is 0 Å². The van der Waals surface area contributed by atoms with E-state index in [2.05, 4.69) is 15.3 Å². The van der Waals surface area contributed by atoms with Gasteiger partial charge < -0.3 is 15.0 Å². The topological polar surface area (TPSA) is 67.0 Å². The lowest BCUT2D eigenvalue weighted by Gasteiger charge is -2.12. The van der Waals surface area contributed by atoms with Crippen molar-refractivity contribution >= 4 is 5.82 Å². The molecule has 2 heterocycles. The zero-order valence-electron chi connectivity index (χ0n) is 10.3. The van der Waals surface area contributed by atoms with Crippen LogP contribution in [0.15, 0.2) is 10.9 Å². The highest BCUT2D eigenvalue weighted by molar-refractivity contribution is 5.33. The summed E-state index contributed by atoms with van der Waals surface area (Å²) in [4.78, 5) is 18.6. The number of ether oxygens (including phenoxy) is 1. The predicted octanol–water partition coefficient (Wildman–Crippen LogP) is 1.48. The third-order valence-corrected chi connectivity index (χ3v) is 2.84. The quantitative estimate of drug-likeness (QED) is 0.832. The highest BCUT2D eigenvalue weighted by Gasteiger charge is 2.15. The minimum atomic E-state index is -0.112. The Bertz CT molecular complexity index is 422. The van der Waals surface area contributed by atoms with Gasteiger partial charge in [-0.3, -0.25) is 4.79 Å². The van der Waals surface area contributed by atoms with Crippen molar-refractivity contribution in [2.45, 2.75) is 38.7 Å². The van der Waals surface area contributed by atoms with Gasteiger partial charge in [-0.15, -0.1) is 0 Å². The van der Waals surface area contributed by atoms with Crippen LogP contribution in [0.25, 0.3) is 0 Å². The number of nitrogens with one attached hydrogen (secondary N) is 2. The number of anilines is 1. The first-order chi connectivity index (χ1) is 8.15. The smallest absolute Gasteiger partial charge is 0.252 e. The van der Waals surface area contributed by atoms with Gasteiger partial charge in [0.05, 0.1) is 6.10 Å². The van der Waals surface area contributed by atoms with Gasteiger partial charge in [0.15, 0.2) is 0 Å². The molecule has 2 N–H and O–H groups in total. The maximum atomic E-state index is 11.4. The number of hydrogen-bond acceptors (Lipinski definition) is 4. The van der Waals surface area contributed by atoms with Crippen LogP contribution in [-0.4, -0.2) is 29.2 Å². The number of hydrogen-bond donors (Lipinski definition) is 2. The summed E-state index contributed by atoms with van der Waals surface area (Å²) in [5.41, 5.74) is -0.112. The Morgan fingerprint density at radius 3 is 3.12 bits per heavy atom. The van der Waals surface area contributed by atoms with Crippen LogP contribution >= 0.6 is 0 Å². The van der Waals surface area contributed by atoms with Crippen LogP contribution in [0.2, 0.25) is 0 Å². The number of rotatable bonds is 4. The van der Waals surface area contributed by atoms with Gasteiger partial charge in [-0.2, -0.15) is 0 Å². The number of aromatic amines is 1. The second-order valence-electron chi connectivity index (χ2n) is 4.69. The Balaban J connectivity index is 2.02. The standard InChI is InChI=1S/C12H19N3O2/c1-8(2)12-14-10(6-11(16)15-12)13-7-9-4-3-5-17-9/h6,8-9H,3-5,7H2,1-2H3,(H2,13,14,15,16). The fraction of sp³-hybridized carbons (Fsp3) is 0.667. The van der Waals surface area contributed by atoms with E-state index < -0.39 is 0 Å². The zero-order valence-corrected chi connectivity index (χ0v) is 10.3. The van der Waals surface area contributed by atoms with Crippen molar-refractivity contribution < 1.29 is 4.74 Å². The van der Waals surface area contributed by atoms with Crippen LogP contribution in [-0.2, 0) is 4.74 Å². The molecule has 0 spiro atoms. The largest absolute Gasteiger partial charge is 0.376 e. The maximum absolute atomic E-state index is 11.4.